The van der Waals surface area contributed by atoms with Crippen molar-refractivity contribution in [2.75, 3.05) is 18.0 Å². The van der Waals surface area contributed by atoms with Gasteiger partial charge in [-0.15, -0.1) is 0 Å². The zero-order chi connectivity index (χ0) is 22.1. The predicted molar refractivity (Wildman–Crippen MR) is 124 cm³/mol. The number of carboxylic acids is 1. The van der Waals surface area contributed by atoms with E-state index in [-0.39, 0.29) is 12.2 Å². The van der Waals surface area contributed by atoms with Crippen LogP contribution in [-0.4, -0.2) is 51.3 Å². The molecule has 1 aliphatic carbocycles. The number of ether oxygens (including phenoxy) is 1. The molecule has 2 fully saturated rings. The monoisotopic (exact) mass is 434 g/mol. The summed E-state index contributed by atoms with van der Waals surface area (Å²) in [7, 11) is 0. The van der Waals surface area contributed by atoms with Gasteiger partial charge in [0, 0.05) is 24.8 Å². The highest BCUT2D eigenvalue weighted by Gasteiger charge is 2.38. The van der Waals surface area contributed by atoms with Crippen molar-refractivity contribution in [3.05, 3.63) is 42.6 Å². The summed E-state index contributed by atoms with van der Waals surface area (Å²) in [5.74, 6) is 1.14. The van der Waals surface area contributed by atoms with Gasteiger partial charge in [0.15, 0.2) is 0 Å². The summed E-state index contributed by atoms with van der Waals surface area (Å²) in [4.78, 5) is 26.4. The van der Waals surface area contributed by atoms with Crippen LogP contribution in [-0.2, 0) is 9.53 Å². The number of nitrogens with one attached hydrogen (secondary N) is 1. The Kier molecular flexibility index (Phi) is 5.59. The van der Waals surface area contributed by atoms with E-state index in [1.165, 1.54) is 0 Å². The van der Waals surface area contributed by atoms with E-state index in [0.29, 0.717) is 12.8 Å². The molecule has 3 heterocycles. The van der Waals surface area contributed by atoms with Gasteiger partial charge in [-0.25, -0.2) is 9.97 Å². The molecule has 32 heavy (non-hydrogen) atoms. The molecule has 168 valence electrons. The molecule has 1 aromatic carbocycles. The number of carboxylic acid groups (broad SMARTS) is 1. The Bertz CT molecular complexity index is 1050. The van der Waals surface area contributed by atoms with Gasteiger partial charge < -0.3 is 19.7 Å². The SMILES string of the molecule is C[C@]1(C(=O)O)CC[C@H](OC2CCN(c3ccc(-c4nc5ccccc5[nH]4)cn3)CC2)CC1. The molecule has 7 heteroatoms. The first-order chi connectivity index (χ1) is 15.5. The molecule has 7 nitrogen and oxygen atoms in total. The zero-order valence-electron chi connectivity index (χ0n) is 18.5. The quantitative estimate of drug-likeness (QED) is 0.608. The van der Waals surface area contributed by atoms with E-state index in [1.807, 2.05) is 37.4 Å². The number of fused-ring (bicyclic) bond motifs is 1. The predicted octanol–water partition coefficient (Wildman–Crippen LogP) is 4.64. The van der Waals surface area contributed by atoms with Gasteiger partial charge in [-0.05, 0) is 69.7 Å². The van der Waals surface area contributed by atoms with Gasteiger partial charge >= 0.3 is 5.97 Å². The number of para-hydroxylation sites is 2. The highest BCUT2D eigenvalue weighted by molar-refractivity contribution is 5.79. The Balaban J connectivity index is 1.14. The van der Waals surface area contributed by atoms with E-state index in [0.717, 1.165) is 67.0 Å². The average Bonchev–Trinajstić information content (AvgIpc) is 3.26. The molecule has 0 bridgehead atoms. The van der Waals surface area contributed by atoms with Gasteiger partial charge in [-0.1, -0.05) is 12.1 Å². The van der Waals surface area contributed by atoms with Gasteiger partial charge in [-0.3, -0.25) is 4.79 Å². The Morgan fingerprint density at radius 2 is 1.81 bits per heavy atom. The van der Waals surface area contributed by atoms with Crippen molar-refractivity contribution in [1.29, 1.82) is 0 Å². The summed E-state index contributed by atoms with van der Waals surface area (Å²) in [6.45, 7) is 3.69. The fourth-order valence-corrected chi connectivity index (χ4v) is 4.87. The average molecular weight is 435 g/mol. The van der Waals surface area contributed by atoms with Crippen LogP contribution >= 0.6 is 0 Å². The summed E-state index contributed by atoms with van der Waals surface area (Å²) in [6.07, 6.45) is 7.36. The first-order valence-electron chi connectivity index (χ1n) is 11.6. The highest BCUT2D eigenvalue weighted by atomic mass is 16.5. The van der Waals surface area contributed by atoms with Gasteiger partial charge in [0.1, 0.15) is 11.6 Å². The molecule has 0 unspecified atom stereocenters. The standard InChI is InChI=1S/C25H30N4O3/c1-25(24(30)31)12-8-18(9-13-25)32-19-10-14-29(15-11-19)22-7-6-17(16-26-22)23-27-20-4-2-3-5-21(20)28-23/h2-7,16,18-19H,8-15H2,1H3,(H,27,28)(H,30,31)/t18-,25-. The van der Waals surface area contributed by atoms with Crippen LogP contribution in [0.25, 0.3) is 22.4 Å². The van der Waals surface area contributed by atoms with E-state index in [4.69, 9.17) is 9.72 Å². The molecule has 1 saturated carbocycles. The second kappa shape index (κ2) is 8.54. The summed E-state index contributed by atoms with van der Waals surface area (Å²) in [5, 5.41) is 9.40. The number of rotatable bonds is 5. The fourth-order valence-electron chi connectivity index (χ4n) is 4.87. The van der Waals surface area contributed by atoms with Gasteiger partial charge in [0.25, 0.3) is 0 Å². The molecule has 2 aromatic heterocycles. The third-order valence-electron chi connectivity index (χ3n) is 7.11. The van der Waals surface area contributed by atoms with Crippen LogP contribution in [0.4, 0.5) is 5.82 Å². The molecule has 5 rings (SSSR count). The number of aromatic nitrogens is 3. The molecule has 0 atom stereocenters. The maximum absolute atomic E-state index is 11.4. The molecule has 0 amide bonds. The summed E-state index contributed by atoms with van der Waals surface area (Å²) in [6, 6.07) is 12.2. The zero-order valence-corrected chi connectivity index (χ0v) is 18.5. The summed E-state index contributed by atoms with van der Waals surface area (Å²) >= 11 is 0. The number of benzene rings is 1. The Morgan fingerprint density at radius 1 is 1.09 bits per heavy atom. The number of nitrogens with zero attached hydrogens (tertiary/aromatic N) is 3. The van der Waals surface area contributed by atoms with Gasteiger partial charge in [-0.2, -0.15) is 0 Å². The van der Waals surface area contributed by atoms with E-state index in [1.54, 1.807) is 0 Å². The van der Waals surface area contributed by atoms with E-state index >= 15 is 0 Å². The molecule has 0 spiro atoms. The van der Waals surface area contributed by atoms with Crippen molar-refractivity contribution in [1.82, 2.24) is 15.0 Å². The first-order valence-corrected chi connectivity index (χ1v) is 11.6. The van der Waals surface area contributed by atoms with E-state index < -0.39 is 11.4 Å². The summed E-state index contributed by atoms with van der Waals surface area (Å²) < 4.78 is 6.34. The molecular formula is C25H30N4O3. The van der Waals surface area contributed by atoms with Gasteiger partial charge in [0.2, 0.25) is 0 Å². The van der Waals surface area contributed by atoms with Crippen LogP contribution in [0, 0.1) is 5.41 Å². The number of pyridine rings is 1. The largest absolute Gasteiger partial charge is 0.481 e. The maximum Gasteiger partial charge on any atom is 0.309 e. The fraction of sp³-hybridized carbons (Fsp3) is 0.480. The number of hydrogen-bond donors (Lipinski definition) is 2. The van der Waals surface area contributed by atoms with Crippen LogP contribution in [0.15, 0.2) is 42.6 Å². The van der Waals surface area contributed by atoms with E-state index in [2.05, 4.69) is 27.0 Å². The number of hydrogen-bond acceptors (Lipinski definition) is 5. The topological polar surface area (TPSA) is 91.3 Å². The second-order valence-corrected chi connectivity index (χ2v) is 9.40. The molecule has 1 saturated heterocycles. The van der Waals surface area contributed by atoms with E-state index in [9.17, 15) is 9.90 Å². The van der Waals surface area contributed by atoms with Crippen molar-refractivity contribution < 1.29 is 14.6 Å². The number of imidazole rings is 1. The summed E-state index contributed by atoms with van der Waals surface area (Å²) in [5.41, 5.74) is 2.39. The highest BCUT2D eigenvalue weighted by Crippen LogP contribution is 2.38. The number of aliphatic carboxylic acids is 1. The minimum atomic E-state index is -0.678. The third-order valence-corrected chi connectivity index (χ3v) is 7.11. The van der Waals surface area contributed by atoms with Crippen molar-refractivity contribution in [3.63, 3.8) is 0 Å². The maximum atomic E-state index is 11.4. The number of H-pyrrole nitrogens is 1. The molecule has 1 aliphatic heterocycles. The second-order valence-electron chi connectivity index (χ2n) is 9.40. The number of anilines is 1. The minimum Gasteiger partial charge on any atom is -0.481 e. The molecular weight excluding hydrogens is 404 g/mol. The lowest BCUT2D eigenvalue weighted by Gasteiger charge is -2.38. The van der Waals surface area contributed by atoms with Crippen LogP contribution in [0.1, 0.15) is 45.4 Å². The van der Waals surface area contributed by atoms with Crippen molar-refractivity contribution in [2.45, 2.75) is 57.7 Å². The number of aromatic amines is 1. The van der Waals surface area contributed by atoms with Crippen LogP contribution in [0.3, 0.4) is 0 Å². The Labute approximate surface area is 187 Å². The number of carbonyl (C=O) groups is 1. The molecule has 0 radical (unpaired) electrons. The van der Waals surface area contributed by atoms with Crippen LogP contribution in [0.5, 0.6) is 0 Å². The Morgan fingerprint density at radius 3 is 2.47 bits per heavy atom. The van der Waals surface area contributed by atoms with Crippen molar-refractivity contribution >= 4 is 22.8 Å². The molecule has 2 N–H and O–H groups in total. The van der Waals surface area contributed by atoms with Crippen molar-refractivity contribution in [2.24, 2.45) is 5.41 Å². The lowest BCUT2D eigenvalue weighted by atomic mass is 9.75. The smallest absolute Gasteiger partial charge is 0.309 e. The minimum absolute atomic E-state index is 0.195. The molecule has 3 aromatic rings. The Hall–Kier alpha value is -2.93. The van der Waals surface area contributed by atoms with Crippen LogP contribution in [0.2, 0.25) is 0 Å². The lowest BCUT2D eigenvalue weighted by Crippen LogP contribution is -2.41. The van der Waals surface area contributed by atoms with Crippen LogP contribution < -0.4 is 4.90 Å². The number of piperidine rings is 1. The lowest BCUT2D eigenvalue weighted by molar-refractivity contribution is -0.152. The normalized spacial score (nSPS) is 24.7. The third kappa shape index (κ3) is 4.21. The van der Waals surface area contributed by atoms with Gasteiger partial charge in [0.05, 0.1) is 28.7 Å². The molecule has 2 aliphatic rings. The van der Waals surface area contributed by atoms with Crippen molar-refractivity contribution in [3.8, 4) is 11.4 Å². The first kappa shape index (κ1) is 20.9.